The van der Waals surface area contributed by atoms with Gasteiger partial charge in [0, 0.05) is 34.6 Å². The maximum absolute atomic E-state index is 13.7. The second kappa shape index (κ2) is 6.09. The average Bonchev–Trinajstić information content (AvgIpc) is 2.65. The van der Waals surface area contributed by atoms with Crippen LogP contribution in [0.5, 0.6) is 0 Å². The van der Waals surface area contributed by atoms with E-state index < -0.39 is 0 Å². The number of thioether (sulfide) groups is 1. The molecule has 2 atom stereocenters. The van der Waals surface area contributed by atoms with Crippen molar-refractivity contribution in [2.45, 2.75) is 25.5 Å². The third-order valence-electron chi connectivity index (χ3n) is 4.57. The van der Waals surface area contributed by atoms with Gasteiger partial charge in [0.25, 0.3) is 0 Å². The van der Waals surface area contributed by atoms with E-state index in [1.165, 1.54) is 11.3 Å². The fraction of sp³-hybridized carbons (Fsp3) is 0.444. The Balaban J connectivity index is 2.16. The van der Waals surface area contributed by atoms with Crippen molar-refractivity contribution in [2.75, 3.05) is 19.5 Å². The highest BCUT2D eigenvalue weighted by atomic mass is 32.2. The first kappa shape index (κ1) is 15.6. The Morgan fingerprint density at radius 1 is 1.45 bits per heavy atom. The largest absolute Gasteiger partial charge is 0.358 e. The van der Waals surface area contributed by atoms with E-state index in [9.17, 15) is 4.39 Å². The predicted octanol–water partition coefficient (Wildman–Crippen LogP) is 4.16. The molecule has 1 aromatic carbocycles. The Morgan fingerprint density at radius 3 is 2.95 bits per heavy atom. The number of likely N-dealkylation sites (N-methyl/N-ethyl adjacent to an activating group) is 1. The van der Waals surface area contributed by atoms with Gasteiger partial charge in [0.1, 0.15) is 5.82 Å². The number of fused-ring (bicyclic) bond motifs is 2. The van der Waals surface area contributed by atoms with Crippen LogP contribution in [0.15, 0.2) is 30.5 Å². The van der Waals surface area contributed by atoms with Gasteiger partial charge < -0.3 is 5.32 Å². The summed E-state index contributed by atoms with van der Waals surface area (Å²) >= 11 is 1.98. The summed E-state index contributed by atoms with van der Waals surface area (Å²) in [6, 6.07) is 5.09. The van der Waals surface area contributed by atoms with Gasteiger partial charge in [0.15, 0.2) is 0 Å². The lowest BCUT2D eigenvalue weighted by atomic mass is 9.86. The van der Waals surface area contributed by atoms with Crippen molar-refractivity contribution in [2.24, 2.45) is 5.92 Å². The molecule has 1 aromatic rings. The molecule has 0 spiro atoms. The average molecular weight is 318 g/mol. The van der Waals surface area contributed by atoms with Crippen LogP contribution in [-0.2, 0) is 0 Å². The van der Waals surface area contributed by atoms with Gasteiger partial charge in [-0.1, -0.05) is 32.9 Å². The number of halogens is 1. The molecule has 0 saturated heterocycles. The number of benzene rings is 1. The molecule has 0 bridgehead atoms. The molecule has 22 heavy (non-hydrogen) atoms. The van der Waals surface area contributed by atoms with Gasteiger partial charge in [-0.15, -0.1) is 11.8 Å². The second-order valence-corrected chi connectivity index (χ2v) is 7.40. The molecule has 0 saturated carbocycles. The van der Waals surface area contributed by atoms with Crippen LogP contribution in [-0.4, -0.2) is 29.6 Å². The highest BCUT2D eigenvalue weighted by Crippen LogP contribution is 2.43. The first-order chi connectivity index (χ1) is 10.5. The van der Waals surface area contributed by atoms with Gasteiger partial charge in [-0.25, -0.2) is 4.39 Å². The van der Waals surface area contributed by atoms with Crippen molar-refractivity contribution in [3.63, 3.8) is 0 Å². The molecule has 0 radical (unpaired) electrons. The summed E-state index contributed by atoms with van der Waals surface area (Å²) in [4.78, 5) is 2.32. The molecule has 3 rings (SSSR count). The van der Waals surface area contributed by atoms with E-state index in [0.29, 0.717) is 11.2 Å². The van der Waals surface area contributed by atoms with Gasteiger partial charge in [-0.05, 0) is 36.2 Å². The van der Waals surface area contributed by atoms with Crippen molar-refractivity contribution in [3.8, 4) is 0 Å². The Morgan fingerprint density at radius 2 is 2.23 bits per heavy atom. The monoisotopic (exact) mass is 318 g/mol. The zero-order valence-electron chi connectivity index (χ0n) is 13.4. The third-order valence-corrected chi connectivity index (χ3v) is 6.22. The SMILES string of the molecule is C=C1NC2=C(c3ccc(F)cc31)C(C(C)CC)SCN(C)C2. The van der Waals surface area contributed by atoms with E-state index in [1.807, 2.05) is 17.8 Å². The van der Waals surface area contributed by atoms with Crippen molar-refractivity contribution < 1.29 is 4.39 Å². The van der Waals surface area contributed by atoms with Crippen molar-refractivity contribution >= 4 is 23.0 Å². The van der Waals surface area contributed by atoms with Gasteiger partial charge in [0.2, 0.25) is 0 Å². The van der Waals surface area contributed by atoms with E-state index in [0.717, 1.165) is 35.7 Å². The molecule has 118 valence electrons. The van der Waals surface area contributed by atoms with Crippen LogP contribution in [0.25, 0.3) is 11.3 Å². The molecule has 0 aromatic heterocycles. The molecule has 2 aliphatic rings. The minimum atomic E-state index is -0.204. The molecular formula is C18H23FN2S. The topological polar surface area (TPSA) is 15.3 Å². The molecule has 0 aliphatic carbocycles. The van der Waals surface area contributed by atoms with Crippen LogP contribution in [0.3, 0.4) is 0 Å². The number of nitrogens with one attached hydrogen (secondary N) is 1. The van der Waals surface area contributed by atoms with E-state index in [2.05, 4.69) is 37.7 Å². The number of hydrogen-bond acceptors (Lipinski definition) is 3. The highest BCUT2D eigenvalue weighted by Gasteiger charge is 2.33. The number of hydrogen-bond donors (Lipinski definition) is 1. The molecule has 0 amide bonds. The molecular weight excluding hydrogens is 295 g/mol. The predicted molar refractivity (Wildman–Crippen MR) is 93.8 cm³/mol. The summed E-state index contributed by atoms with van der Waals surface area (Å²) < 4.78 is 13.7. The Labute approximate surface area is 136 Å². The Hall–Kier alpha value is -1.26. The van der Waals surface area contributed by atoms with Crippen LogP contribution in [0.1, 0.15) is 31.4 Å². The molecule has 0 fully saturated rings. The van der Waals surface area contributed by atoms with Crippen LogP contribution < -0.4 is 5.32 Å². The van der Waals surface area contributed by atoms with Gasteiger partial charge in [-0.2, -0.15) is 0 Å². The maximum Gasteiger partial charge on any atom is 0.123 e. The van der Waals surface area contributed by atoms with E-state index >= 15 is 0 Å². The molecule has 2 heterocycles. The lowest BCUT2D eigenvalue weighted by Gasteiger charge is -2.32. The molecule has 1 N–H and O–H groups in total. The summed E-state index contributed by atoms with van der Waals surface area (Å²) in [5, 5.41) is 3.87. The maximum atomic E-state index is 13.7. The van der Waals surface area contributed by atoms with Crippen molar-refractivity contribution in [3.05, 3.63) is 47.4 Å². The van der Waals surface area contributed by atoms with Crippen molar-refractivity contribution in [1.29, 1.82) is 0 Å². The lowest BCUT2D eigenvalue weighted by molar-refractivity contribution is 0.424. The fourth-order valence-corrected chi connectivity index (χ4v) is 4.66. The number of rotatable bonds is 2. The second-order valence-electron chi connectivity index (χ2n) is 6.30. The summed E-state index contributed by atoms with van der Waals surface area (Å²) in [5.74, 6) is 1.38. The minimum absolute atomic E-state index is 0.204. The fourth-order valence-electron chi connectivity index (χ4n) is 3.20. The number of nitrogens with zero attached hydrogens (tertiary/aromatic N) is 1. The normalized spacial score (nSPS) is 23.5. The zero-order chi connectivity index (χ0) is 15.9. The van der Waals surface area contributed by atoms with Gasteiger partial charge >= 0.3 is 0 Å². The Bertz CT molecular complexity index is 638. The zero-order valence-corrected chi connectivity index (χ0v) is 14.3. The molecule has 2 unspecified atom stereocenters. The van der Waals surface area contributed by atoms with Gasteiger partial charge in [0.05, 0.1) is 0 Å². The van der Waals surface area contributed by atoms with Crippen molar-refractivity contribution in [1.82, 2.24) is 10.2 Å². The smallest absolute Gasteiger partial charge is 0.123 e. The van der Waals surface area contributed by atoms with E-state index in [-0.39, 0.29) is 5.82 Å². The van der Waals surface area contributed by atoms with E-state index in [1.54, 1.807) is 12.1 Å². The van der Waals surface area contributed by atoms with Crippen LogP contribution in [0.2, 0.25) is 0 Å². The van der Waals surface area contributed by atoms with Crippen LogP contribution in [0, 0.1) is 11.7 Å². The summed E-state index contributed by atoms with van der Waals surface area (Å²) in [6.07, 6.45) is 1.13. The minimum Gasteiger partial charge on any atom is -0.358 e. The first-order valence-corrected chi connectivity index (χ1v) is 8.85. The lowest BCUT2D eigenvalue weighted by Crippen LogP contribution is -2.29. The summed E-state index contributed by atoms with van der Waals surface area (Å²) in [6.45, 7) is 9.52. The van der Waals surface area contributed by atoms with Crippen LogP contribution >= 0.6 is 11.8 Å². The Kier molecular flexibility index (Phi) is 4.33. The van der Waals surface area contributed by atoms with E-state index in [4.69, 9.17) is 0 Å². The molecule has 2 aliphatic heterocycles. The first-order valence-electron chi connectivity index (χ1n) is 7.80. The highest BCUT2D eigenvalue weighted by molar-refractivity contribution is 8.00. The standard InChI is InChI=1S/C18H23FN2S/c1-5-11(2)18-17-14-7-6-13(19)8-15(14)12(3)20-16(17)9-21(4)10-22-18/h6-8,11,18,20H,3,5,9-10H2,1-2,4H3. The summed E-state index contributed by atoms with van der Waals surface area (Å²) in [7, 11) is 2.14. The van der Waals surface area contributed by atoms with Crippen LogP contribution in [0.4, 0.5) is 4.39 Å². The summed E-state index contributed by atoms with van der Waals surface area (Å²) in [5.41, 5.74) is 5.41. The van der Waals surface area contributed by atoms with Gasteiger partial charge in [-0.3, -0.25) is 4.90 Å². The molecule has 2 nitrogen and oxygen atoms in total. The molecule has 4 heteroatoms. The third kappa shape index (κ3) is 2.70. The quantitative estimate of drug-likeness (QED) is 0.881.